The Bertz CT molecular complexity index is 711. The van der Waals surface area contributed by atoms with Gasteiger partial charge in [0.1, 0.15) is 12.9 Å². The van der Waals surface area contributed by atoms with Crippen molar-refractivity contribution in [1.82, 2.24) is 25.5 Å². The van der Waals surface area contributed by atoms with Crippen LogP contribution in [0.15, 0.2) is 35.5 Å². The second kappa shape index (κ2) is 5.97. The third-order valence-electron chi connectivity index (χ3n) is 2.78. The van der Waals surface area contributed by atoms with Crippen molar-refractivity contribution in [3.8, 4) is 0 Å². The first-order valence-electron chi connectivity index (χ1n) is 5.99. The van der Waals surface area contributed by atoms with E-state index in [4.69, 9.17) is 5.14 Å². The van der Waals surface area contributed by atoms with Gasteiger partial charge in [0, 0.05) is 0 Å². The molecule has 0 radical (unpaired) electrons. The van der Waals surface area contributed by atoms with E-state index >= 15 is 0 Å². The van der Waals surface area contributed by atoms with Crippen LogP contribution in [0.4, 0.5) is 0 Å². The molecule has 3 N–H and O–H groups in total. The maximum atomic E-state index is 11.8. The Morgan fingerprint density at radius 3 is 2.57 bits per heavy atom. The molecule has 112 valence electrons. The summed E-state index contributed by atoms with van der Waals surface area (Å²) in [7, 11) is -3.72. The fourth-order valence-electron chi connectivity index (χ4n) is 1.72. The monoisotopic (exact) mass is 310 g/mol. The van der Waals surface area contributed by atoms with Gasteiger partial charge in [0.05, 0.1) is 10.9 Å². The van der Waals surface area contributed by atoms with Crippen molar-refractivity contribution in [3.63, 3.8) is 0 Å². The maximum absolute atomic E-state index is 11.8. The van der Waals surface area contributed by atoms with E-state index < -0.39 is 10.0 Å². The van der Waals surface area contributed by atoms with Gasteiger partial charge in [0.2, 0.25) is 15.9 Å². The first-order chi connectivity index (χ1) is 9.86. The number of hydrogen-bond acceptors (Lipinski definition) is 6. The molecule has 0 saturated heterocycles. The lowest BCUT2D eigenvalue weighted by Crippen LogP contribution is -2.30. The first-order valence-corrected chi connectivity index (χ1v) is 7.54. The molecule has 0 saturated carbocycles. The number of primary sulfonamides is 1. The van der Waals surface area contributed by atoms with Crippen LogP contribution in [-0.4, -0.2) is 34.5 Å². The topological polar surface area (TPSA) is 133 Å². The van der Waals surface area contributed by atoms with Crippen LogP contribution in [0, 0.1) is 0 Å². The van der Waals surface area contributed by atoms with E-state index in [0.29, 0.717) is 0 Å². The third kappa shape index (κ3) is 4.07. The van der Waals surface area contributed by atoms with Crippen LogP contribution in [0.3, 0.4) is 0 Å². The Morgan fingerprint density at radius 1 is 1.38 bits per heavy atom. The summed E-state index contributed by atoms with van der Waals surface area (Å²) in [5, 5.41) is 18.2. The number of benzene rings is 1. The van der Waals surface area contributed by atoms with Crippen LogP contribution < -0.4 is 10.5 Å². The summed E-state index contributed by atoms with van der Waals surface area (Å²) >= 11 is 0. The summed E-state index contributed by atoms with van der Waals surface area (Å²) in [5.74, 6) is -0.259. The molecule has 21 heavy (non-hydrogen) atoms. The van der Waals surface area contributed by atoms with Crippen LogP contribution in [0.1, 0.15) is 18.5 Å². The predicted molar refractivity (Wildman–Crippen MR) is 72.2 cm³/mol. The highest BCUT2D eigenvalue weighted by atomic mass is 32.2. The van der Waals surface area contributed by atoms with E-state index in [0.717, 1.165) is 5.56 Å². The summed E-state index contributed by atoms with van der Waals surface area (Å²) in [5.41, 5.74) is 0.757. The Morgan fingerprint density at radius 2 is 2.05 bits per heavy atom. The number of hydrogen-bond donors (Lipinski definition) is 2. The van der Waals surface area contributed by atoms with E-state index in [1.54, 1.807) is 19.1 Å². The van der Waals surface area contributed by atoms with E-state index in [2.05, 4.69) is 20.8 Å². The Hall–Kier alpha value is -2.33. The second-order valence-electron chi connectivity index (χ2n) is 4.41. The van der Waals surface area contributed by atoms with Gasteiger partial charge in [-0.25, -0.2) is 18.2 Å². The van der Waals surface area contributed by atoms with Crippen LogP contribution in [0.25, 0.3) is 0 Å². The molecule has 0 aliphatic rings. The van der Waals surface area contributed by atoms with Gasteiger partial charge in [-0.3, -0.25) is 4.79 Å². The number of nitrogens with zero attached hydrogens (tertiary/aromatic N) is 4. The van der Waals surface area contributed by atoms with E-state index in [1.165, 1.54) is 23.1 Å². The van der Waals surface area contributed by atoms with Crippen LogP contribution >= 0.6 is 0 Å². The van der Waals surface area contributed by atoms with Gasteiger partial charge < -0.3 is 5.32 Å². The van der Waals surface area contributed by atoms with Crippen molar-refractivity contribution in [3.05, 3.63) is 36.2 Å². The molecular formula is C11H14N6O3S. The van der Waals surface area contributed by atoms with Crippen LogP contribution in [0.2, 0.25) is 0 Å². The Kier molecular flexibility index (Phi) is 4.29. The van der Waals surface area contributed by atoms with Crippen molar-refractivity contribution >= 4 is 15.9 Å². The molecule has 0 aliphatic carbocycles. The minimum atomic E-state index is -3.72. The molecule has 1 atom stereocenters. The first kappa shape index (κ1) is 15.1. The highest BCUT2D eigenvalue weighted by Gasteiger charge is 2.12. The van der Waals surface area contributed by atoms with Crippen LogP contribution in [0.5, 0.6) is 0 Å². The van der Waals surface area contributed by atoms with Gasteiger partial charge in [-0.1, -0.05) is 12.1 Å². The van der Waals surface area contributed by atoms with E-state index in [1.807, 2.05) is 0 Å². The standard InChI is InChI=1S/C11H14N6O3S/c1-8(14-11(18)6-17-7-13-15-16-17)9-2-4-10(5-3-9)21(12,19)20/h2-5,7-8H,6H2,1H3,(H,14,18)(H2,12,19,20)/t8-/m0/s1. The summed E-state index contributed by atoms with van der Waals surface area (Å²) in [6, 6.07) is 5.70. The molecule has 1 amide bonds. The molecule has 1 heterocycles. The van der Waals surface area contributed by atoms with Crippen LogP contribution in [-0.2, 0) is 21.4 Å². The molecule has 10 heteroatoms. The molecule has 0 aliphatic heterocycles. The number of rotatable bonds is 5. The van der Waals surface area contributed by atoms with Gasteiger partial charge in [-0.15, -0.1) is 5.10 Å². The minimum absolute atomic E-state index is 0.00655. The zero-order valence-electron chi connectivity index (χ0n) is 11.2. The molecule has 0 unspecified atom stereocenters. The SMILES string of the molecule is C[C@H](NC(=O)Cn1cnnn1)c1ccc(S(N)(=O)=O)cc1. The lowest BCUT2D eigenvalue weighted by molar-refractivity contribution is -0.122. The number of carbonyl (C=O) groups is 1. The second-order valence-corrected chi connectivity index (χ2v) is 5.97. The molecule has 2 aromatic rings. The zero-order valence-corrected chi connectivity index (χ0v) is 12.0. The summed E-state index contributed by atoms with van der Waals surface area (Å²) < 4.78 is 23.6. The normalized spacial score (nSPS) is 12.9. The zero-order chi connectivity index (χ0) is 15.5. The predicted octanol–water partition coefficient (Wildman–Crippen LogP) is -0.802. The molecule has 9 nitrogen and oxygen atoms in total. The molecule has 0 bridgehead atoms. The average Bonchev–Trinajstić information content (AvgIpc) is 2.90. The summed E-state index contributed by atoms with van der Waals surface area (Å²) in [4.78, 5) is 11.8. The number of carbonyl (C=O) groups excluding carboxylic acids is 1. The largest absolute Gasteiger partial charge is 0.348 e. The van der Waals surface area contributed by atoms with Gasteiger partial charge in [-0.2, -0.15) is 0 Å². The van der Waals surface area contributed by atoms with Crippen molar-refractivity contribution in [1.29, 1.82) is 0 Å². The molecule has 0 fully saturated rings. The maximum Gasteiger partial charge on any atom is 0.242 e. The molecule has 1 aromatic carbocycles. The van der Waals surface area contributed by atoms with Gasteiger partial charge in [-0.05, 0) is 35.0 Å². The van der Waals surface area contributed by atoms with Gasteiger partial charge >= 0.3 is 0 Å². The smallest absolute Gasteiger partial charge is 0.242 e. The highest BCUT2D eigenvalue weighted by molar-refractivity contribution is 7.89. The van der Waals surface area contributed by atoms with E-state index in [9.17, 15) is 13.2 Å². The number of nitrogens with two attached hydrogens (primary N) is 1. The Labute approximate surface area is 121 Å². The quantitative estimate of drug-likeness (QED) is 0.742. The van der Waals surface area contributed by atoms with Crippen molar-refractivity contribution < 1.29 is 13.2 Å². The molecule has 1 aromatic heterocycles. The number of amides is 1. The lowest BCUT2D eigenvalue weighted by Gasteiger charge is -2.14. The molecule has 0 spiro atoms. The fraction of sp³-hybridized carbons (Fsp3) is 0.273. The summed E-state index contributed by atoms with van der Waals surface area (Å²) in [6.07, 6.45) is 1.34. The number of aromatic nitrogens is 4. The van der Waals surface area contributed by atoms with Crippen molar-refractivity contribution in [2.24, 2.45) is 5.14 Å². The van der Waals surface area contributed by atoms with Crippen molar-refractivity contribution in [2.75, 3.05) is 0 Å². The van der Waals surface area contributed by atoms with Gasteiger partial charge in [0.25, 0.3) is 0 Å². The number of sulfonamides is 1. The molecular weight excluding hydrogens is 296 g/mol. The third-order valence-corrected chi connectivity index (χ3v) is 3.71. The van der Waals surface area contributed by atoms with E-state index in [-0.39, 0.29) is 23.4 Å². The summed E-state index contributed by atoms with van der Waals surface area (Å²) in [6.45, 7) is 1.79. The van der Waals surface area contributed by atoms with Crippen molar-refractivity contribution in [2.45, 2.75) is 24.4 Å². The molecule has 2 rings (SSSR count). The van der Waals surface area contributed by atoms with Gasteiger partial charge in [0.15, 0.2) is 0 Å². The average molecular weight is 310 g/mol. The lowest BCUT2D eigenvalue weighted by atomic mass is 10.1. The fourth-order valence-corrected chi connectivity index (χ4v) is 2.23. The minimum Gasteiger partial charge on any atom is -0.348 e. The highest BCUT2D eigenvalue weighted by Crippen LogP contribution is 2.15. The number of tetrazole rings is 1. The number of nitrogens with one attached hydrogen (secondary N) is 1. The Balaban J connectivity index is 2.00.